The lowest BCUT2D eigenvalue weighted by Crippen LogP contribution is -2.36. The Kier molecular flexibility index (Phi) is 7.79. The molecule has 3 aromatic rings. The minimum absolute atomic E-state index is 0.000441. The van der Waals surface area contributed by atoms with Crippen LogP contribution in [0, 0.1) is 30.9 Å². The summed E-state index contributed by atoms with van der Waals surface area (Å²) in [4.78, 5) is 38.7. The average molecular weight is 492 g/mol. The predicted molar refractivity (Wildman–Crippen MR) is 119 cm³/mol. The van der Waals surface area contributed by atoms with Crippen molar-refractivity contribution in [2.24, 2.45) is 0 Å². The standard InChI is InChI=1S/C20H22ClN7O6/c1-11-8-14(21)4-5-15(11)33-10-17(29)22-6-7-23-19(30)20-24-16(26-34-20)9-27-13(3)18(28(31)32)12(2)25-27/h4-5,8H,6-7,9-10H2,1-3H3,(H,22,29)(H,23,30). The van der Waals surface area contributed by atoms with Crippen LogP contribution in [0.4, 0.5) is 5.69 Å². The number of hydrogen-bond donors (Lipinski definition) is 2. The van der Waals surface area contributed by atoms with E-state index >= 15 is 0 Å². The fraction of sp³-hybridized carbons (Fsp3) is 0.350. The number of aromatic nitrogens is 4. The SMILES string of the molecule is Cc1cc(Cl)ccc1OCC(=O)NCCNC(=O)c1nc(Cn2nc(C)c([N+](=O)[O-])c2C)no1. The van der Waals surface area contributed by atoms with Crippen LogP contribution in [0.5, 0.6) is 5.75 Å². The molecular weight excluding hydrogens is 470 g/mol. The van der Waals surface area contributed by atoms with E-state index in [9.17, 15) is 19.7 Å². The molecule has 1 aromatic carbocycles. The molecule has 0 saturated heterocycles. The van der Waals surface area contributed by atoms with Gasteiger partial charge in [-0.05, 0) is 44.5 Å². The fourth-order valence-corrected chi connectivity index (χ4v) is 3.30. The van der Waals surface area contributed by atoms with Gasteiger partial charge in [0, 0.05) is 18.1 Å². The van der Waals surface area contributed by atoms with Crippen molar-refractivity contribution in [2.45, 2.75) is 27.3 Å². The highest BCUT2D eigenvalue weighted by Crippen LogP contribution is 2.22. The van der Waals surface area contributed by atoms with E-state index < -0.39 is 10.8 Å². The minimum Gasteiger partial charge on any atom is -0.484 e. The van der Waals surface area contributed by atoms with Crippen molar-refractivity contribution in [3.63, 3.8) is 0 Å². The van der Waals surface area contributed by atoms with Crippen LogP contribution < -0.4 is 15.4 Å². The zero-order valence-electron chi connectivity index (χ0n) is 18.6. The van der Waals surface area contributed by atoms with Crippen LogP contribution in [0.1, 0.15) is 33.5 Å². The topological polar surface area (TPSA) is 167 Å². The van der Waals surface area contributed by atoms with Crippen LogP contribution in [0.15, 0.2) is 22.7 Å². The van der Waals surface area contributed by atoms with E-state index in [1.165, 1.54) is 11.6 Å². The van der Waals surface area contributed by atoms with Crippen molar-refractivity contribution in [1.29, 1.82) is 0 Å². The molecule has 34 heavy (non-hydrogen) atoms. The summed E-state index contributed by atoms with van der Waals surface area (Å²) in [6.07, 6.45) is 0. The summed E-state index contributed by atoms with van der Waals surface area (Å²) in [5, 5.41) is 24.6. The molecule has 2 N–H and O–H groups in total. The lowest BCUT2D eigenvalue weighted by atomic mass is 10.2. The summed E-state index contributed by atoms with van der Waals surface area (Å²) in [7, 11) is 0. The summed E-state index contributed by atoms with van der Waals surface area (Å²) in [5.41, 5.74) is 1.32. The molecule has 0 radical (unpaired) electrons. The summed E-state index contributed by atoms with van der Waals surface area (Å²) in [5.74, 6) is -0.578. The molecule has 0 fully saturated rings. The van der Waals surface area contributed by atoms with Crippen molar-refractivity contribution in [3.05, 3.63) is 62.0 Å². The lowest BCUT2D eigenvalue weighted by Gasteiger charge is -2.10. The third-order valence-electron chi connectivity index (χ3n) is 4.71. The largest absolute Gasteiger partial charge is 0.484 e. The van der Waals surface area contributed by atoms with Gasteiger partial charge in [-0.15, -0.1) is 0 Å². The summed E-state index contributed by atoms with van der Waals surface area (Å²) >= 11 is 5.88. The number of nitro groups is 1. The second-order valence-corrected chi connectivity index (χ2v) is 7.69. The van der Waals surface area contributed by atoms with Gasteiger partial charge in [0.25, 0.3) is 5.91 Å². The van der Waals surface area contributed by atoms with Gasteiger partial charge in [-0.1, -0.05) is 16.8 Å². The van der Waals surface area contributed by atoms with E-state index in [-0.39, 0.29) is 55.2 Å². The van der Waals surface area contributed by atoms with E-state index in [0.717, 1.165) is 5.56 Å². The monoisotopic (exact) mass is 491 g/mol. The van der Waals surface area contributed by atoms with Crippen molar-refractivity contribution in [2.75, 3.05) is 19.7 Å². The van der Waals surface area contributed by atoms with Crippen LogP contribution in [0.3, 0.4) is 0 Å². The first-order valence-corrected chi connectivity index (χ1v) is 10.5. The average Bonchev–Trinajstić information content (AvgIpc) is 3.34. The van der Waals surface area contributed by atoms with Crippen LogP contribution in [0.25, 0.3) is 0 Å². The maximum Gasteiger partial charge on any atom is 0.316 e. The zero-order valence-corrected chi connectivity index (χ0v) is 19.4. The van der Waals surface area contributed by atoms with E-state index in [4.69, 9.17) is 20.9 Å². The van der Waals surface area contributed by atoms with Gasteiger partial charge in [-0.3, -0.25) is 24.4 Å². The van der Waals surface area contributed by atoms with E-state index in [2.05, 4.69) is 25.9 Å². The molecule has 0 spiro atoms. The number of halogens is 1. The molecule has 0 saturated carbocycles. The second-order valence-electron chi connectivity index (χ2n) is 7.25. The number of aryl methyl sites for hydroxylation is 2. The minimum atomic E-state index is -0.625. The Hall–Kier alpha value is -4.00. The van der Waals surface area contributed by atoms with Crippen LogP contribution in [-0.2, 0) is 11.3 Å². The summed E-state index contributed by atoms with van der Waals surface area (Å²) in [6.45, 7) is 4.99. The van der Waals surface area contributed by atoms with Gasteiger partial charge in [0.1, 0.15) is 23.7 Å². The first kappa shape index (κ1) is 24.6. The molecule has 13 nitrogen and oxygen atoms in total. The van der Waals surface area contributed by atoms with Crippen LogP contribution >= 0.6 is 11.6 Å². The molecule has 2 aromatic heterocycles. The highest BCUT2D eigenvalue weighted by molar-refractivity contribution is 6.30. The number of ether oxygens (including phenoxy) is 1. The molecule has 0 aliphatic carbocycles. The number of rotatable bonds is 10. The third-order valence-corrected chi connectivity index (χ3v) is 4.94. The van der Waals surface area contributed by atoms with Gasteiger partial charge in [0.05, 0.1) is 4.92 Å². The Morgan fingerprint density at radius 3 is 2.65 bits per heavy atom. The van der Waals surface area contributed by atoms with Gasteiger partial charge in [-0.25, -0.2) is 0 Å². The van der Waals surface area contributed by atoms with Crippen molar-refractivity contribution < 1.29 is 23.8 Å². The zero-order chi connectivity index (χ0) is 24.8. The van der Waals surface area contributed by atoms with Crippen molar-refractivity contribution >= 4 is 29.1 Å². The van der Waals surface area contributed by atoms with Gasteiger partial charge >= 0.3 is 17.5 Å². The normalized spacial score (nSPS) is 10.7. The number of carbonyl (C=O) groups is 2. The number of nitrogens with one attached hydrogen (secondary N) is 2. The fourth-order valence-electron chi connectivity index (χ4n) is 3.07. The molecule has 180 valence electrons. The smallest absolute Gasteiger partial charge is 0.316 e. The predicted octanol–water partition coefficient (Wildman–Crippen LogP) is 1.73. The molecule has 2 heterocycles. The molecule has 0 bridgehead atoms. The number of hydrogen-bond acceptors (Lipinski definition) is 9. The summed E-state index contributed by atoms with van der Waals surface area (Å²) in [6, 6.07) is 5.08. The van der Waals surface area contributed by atoms with E-state index in [1.807, 2.05) is 6.92 Å². The number of benzene rings is 1. The molecule has 3 rings (SSSR count). The van der Waals surface area contributed by atoms with E-state index in [1.54, 1.807) is 25.1 Å². The van der Waals surface area contributed by atoms with Gasteiger partial charge in [-0.2, -0.15) is 10.1 Å². The maximum atomic E-state index is 12.2. The second kappa shape index (κ2) is 10.7. The number of nitrogens with zero attached hydrogens (tertiary/aromatic N) is 5. The molecular formula is C20H22ClN7O6. The Morgan fingerprint density at radius 1 is 1.24 bits per heavy atom. The Balaban J connectivity index is 1.42. The van der Waals surface area contributed by atoms with Crippen molar-refractivity contribution in [1.82, 2.24) is 30.6 Å². The first-order valence-electron chi connectivity index (χ1n) is 10.1. The Labute approximate surface area is 198 Å². The molecule has 0 unspecified atom stereocenters. The summed E-state index contributed by atoms with van der Waals surface area (Å²) < 4.78 is 11.8. The Morgan fingerprint density at radius 2 is 1.97 bits per heavy atom. The van der Waals surface area contributed by atoms with Crippen LogP contribution in [-0.4, -0.2) is 56.4 Å². The Bertz CT molecular complexity index is 1220. The van der Waals surface area contributed by atoms with Gasteiger partial charge in [0.15, 0.2) is 12.4 Å². The third kappa shape index (κ3) is 6.07. The van der Waals surface area contributed by atoms with Gasteiger partial charge < -0.3 is 19.9 Å². The first-order chi connectivity index (χ1) is 16.2. The van der Waals surface area contributed by atoms with Crippen molar-refractivity contribution in [3.8, 4) is 5.75 Å². The van der Waals surface area contributed by atoms with Crippen LogP contribution in [0.2, 0.25) is 5.02 Å². The molecule has 2 amide bonds. The highest BCUT2D eigenvalue weighted by Gasteiger charge is 2.23. The molecule has 0 aliphatic heterocycles. The van der Waals surface area contributed by atoms with E-state index in [0.29, 0.717) is 16.5 Å². The number of amides is 2. The lowest BCUT2D eigenvalue weighted by molar-refractivity contribution is -0.386. The highest BCUT2D eigenvalue weighted by atomic mass is 35.5. The molecule has 14 heteroatoms. The molecule has 0 atom stereocenters. The quantitative estimate of drug-likeness (QED) is 0.243. The van der Waals surface area contributed by atoms with Gasteiger partial charge in [0.2, 0.25) is 0 Å². The number of carbonyl (C=O) groups excluding carboxylic acids is 2. The molecule has 0 aliphatic rings. The maximum absolute atomic E-state index is 12.2.